The molecule has 1 heterocycles. The number of hydrogen-bond acceptors (Lipinski definition) is 3. The highest BCUT2D eigenvalue weighted by Gasteiger charge is 2.13. The maximum atomic E-state index is 12.3. The van der Waals surface area contributed by atoms with Crippen LogP contribution in [0.4, 0.5) is 0 Å². The Morgan fingerprint density at radius 2 is 1.88 bits per heavy atom. The summed E-state index contributed by atoms with van der Waals surface area (Å²) in [6, 6.07) is 15.4. The van der Waals surface area contributed by atoms with Crippen LogP contribution in [0.3, 0.4) is 0 Å². The Morgan fingerprint density at radius 3 is 2.60 bits per heavy atom. The zero-order valence-electron chi connectivity index (χ0n) is 14.4. The molecule has 1 N–H and O–H groups in total. The minimum Gasteiger partial charge on any atom is -0.497 e. The molecule has 0 saturated carbocycles. The Morgan fingerprint density at radius 1 is 1.12 bits per heavy atom. The van der Waals surface area contributed by atoms with Crippen molar-refractivity contribution in [1.82, 2.24) is 9.29 Å². The summed E-state index contributed by atoms with van der Waals surface area (Å²) in [5.41, 5.74) is 2.99. The number of nitrogens with one attached hydrogen (secondary N) is 1. The van der Waals surface area contributed by atoms with Gasteiger partial charge in [0.2, 0.25) is 10.0 Å². The van der Waals surface area contributed by atoms with Crippen molar-refractivity contribution in [2.75, 3.05) is 12.9 Å². The summed E-state index contributed by atoms with van der Waals surface area (Å²) in [5, 5.41) is 0.993. The molecular weight excluding hydrogens is 336 g/mol. The molecule has 3 rings (SSSR count). The lowest BCUT2D eigenvalue weighted by atomic mass is 10.1. The maximum absolute atomic E-state index is 12.3. The molecule has 6 heteroatoms. The summed E-state index contributed by atoms with van der Waals surface area (Å²) >= 11 is 0. The van der Waals surface area contributed by atoms with Crippen LogP contribution < -0.4 is 9.46 Å². The van der Waals surface area contributed by atoms with Gasteiger partial charge in [0.1, 0.15) is 5.75 Å². The largest absolute Gasteiger partial charge is 0.497 e. The smallest absolute Gasteiger partial charge is 0.212 e. The van der Waals surface area contributed by atoms with Crippen molar-refractivity contribution >= 4 is 20.9 Å². The Kier molecular flexibility index (Phi) is 5.11. The van der Waals surface area contributed by atoms with Crippen molar-refractivity contribution in [3.8, 4) is 5.75 Å². The average molecular weight is 358 g/mol. The molecule has 3 aromatic rings. The number of sulfonamides is 1. The third-order valence-electron chi connectivity index (χ3n) is 4.26. The van der Waals surface area contributed by atoms with Gasteiger partial charge in [0.15, 0.2) is 0 Å². The molecule has 25 heavy (non-hydrogen) atoms. The Bertz CT molecular complexity index is 963. The van der Waals surface area contributed by atoms with Crippen LogP contribution >= 0.6 is 0 Å². The maximum Gasteiger partial charge on any atom is 0.212 e. The van der Waals surface area contributed by atoms with Crippen molar-refractivity contribution in [2.24, 2.45) is 7.05 Å². The predicted octanol–water partition coefficient (Wildman–Crippen LogP) is 2.85. The number of nitrogens with zero attached hydrogens (tertiary/aromatic N) is 1. The second-order valence-corrected chi connectivity index (χ2v) is 7.95. The number of rotatable bonds is 7. The summed E-state index contributed by atoms with van der Waals surface area (Å²) in [6.07, 6.45) is 2.45. The van der Waals surface area contributed by atoms with E-state index in [1.54, 1.807) is 7.11 Å². The number of aromatic nitrogens is 1. The average Bonchev–Trinajstić information content (AvgIpc) is 2.95. The van der Waals surface area contributed by atoms with Gasteiger partial charge < -0.3 is 9.30 Å². The molecule has 0 aliphatic carbocycles. The van der Waals surface area contributed by atoms with Crippen LogP contribution in [0.1, 0.15) is 11.1 Å². The summed E-state index contributed by atoms with van der Waals surface area (Å²) in [6.45, 7) is 0.266. The van der Waals surface area contributed by atoms with E-state index in [-0.39, 0.29) is 12.3 Å². The standard InChI is InChI=1S/C19H22N2O3S/c1-21-14-16(18-12-17(24-2)8-9-19(18)21)13-20-25(22,23)11-10-15-6-4-3-5-7-15/h3-9,12,14,20H,10-11,13H2,1-2H3. The van der Waals surface area contributed by atoms with Gasteiger partial charge in [-0.25, -0.2) is 13.1 Å². The summed E-state index contributed by atoms with van der Waals surface area (Å²) < 4.78 is 34.6. The van der Waals surface area contributed by atoms with Gasteiger partial charge in [-0.15, -0.1) is 0 Å². The molecule has 2 aromatic carbocycles. The van der Waals surface area contributed by atoms with Crippen LogP contribution in [0.5, 0.6) is 5.75 Å². The van der Waals surface area contributed by atoms with Crippen molar-refractivity contribution in [2.45, 2.75) is 13.0 Å². The first kappa shape index (κ1) is 17.5. The first-order valence-electron chi connectivity index (χ1n) is 8.12. The highest BCUT2D eigenvalue weighted by molar-refractivity contribution is 7.89. The minimum atomic E-state index is -3.34. The van der Waals surface area contributed by atoms with E-state index in [0.29, 0.717) is 6.42 Å². The zero-order valence-corrected chi connectivity index (χ0v) is 15.2. The van der Waals surface area contributed by atoms with Gasteiger partial charge in [-0.1, -0.05) is 30.3 Å². The Hall–Kier alpha value is -2.31. The Balaban J connectivity index is 1.71. The monoisotopic (exact) mass is 358 g/mol. The van der Waals surface area contributed by atoms with E-state index in [1.165, 1.54) is 0 Å². The predicted molar refractivity (Wildman–Crippen MR) is 100 cm³/mol. The van der Waals surface area contributed by atoms with E-state index in [0.717, 1.165) is 27.8 Å². The zero-order chi connectivity index (χ0) is 17.9. The highest BCUT2D eigenvalue weighted by atomic mass is 32.2. The van der Waals surface area contributed by atoms with E-state index in [1.807, 2.05) is 66.3 Å². The number of aryl methyl sites for hydroxylation is 2. The third-order valence-corrected chi connectivity index (χ3v) is 5.59. The lowest BCUT2D eigenvalue weighted by molar-refractivity contribution is 0.415. The number of ether oxygens (including phenoxy) is 1. The number of benzene rings is 2. The van der Waals surface area contributed by atoms with Crippen LogP contribution in [0.2, 0.25) is 0 Å². The quantitative estimate of drug-likeness (QED) is 0.706. The van der Waals surface area contributed by atoms with Gasteiger partial charge in [-0.05, 0) is 35.7 Å². The third kappa shape index (κ3) is 4.21. The second kappa shape index (κ2) is 7.29. The first-order chi connectivity index (χ1) is 12.0. The van der Waals surface area contributed by atoms with Crippen molar-refractivity contribution in [1.29, 1.82) is 0 Å². The molecule has 0 unspecified atom stereocenters. The molecule has 0 atom stereocenters. The van der Waals surface area contributed by atoms with Crippen molar-refractivity contribution in [3.05, 3.63) is 65.9 Å². The molecule has 0 spiro atoms. The summed E-state index contributed by atoms with van der Waals surface area (Å²) in [7, 11) is 0.224. The van der Waals surface area contributed by atoms with E-state index < -0.39 is 10.0 Å². The van der Waals surface area contributed by atoms with E-state index in [9.17, 15) is 8.42 Å². The number of hydrogen-bond donors (Lipinski definition) is 1. The van der Waals surface area contributed by atoms with Crippen LogP contribution in [0, 0.1) is 0 Å². The van der Waals surface area contributed by atoms with Gasteiger partial charge in [0, 0.05) is 30.7 Å². The van der Waals surface area contributed by atoms with Gasteiger partial charge in [0.25, 0.3) is 0 Å². The fourth-order valence-corrected chi connectivity index (χ4v) is 3.90. The van der Waals surface area contributed by atoms with Crippen molar-refractivity contribution < 1.29 is 13.2 Å². The molecule has 1 aromatic heterocycles. The van der Waals surface area contributed by atoms with E-state index in [4.69, 9.17) is 4.74 Å². The first-order valence-corrected chi connectivity index (χ1v) is 9.77. The molecule has 132 valence electrons. The van der Waals surface area contributed by atoms with Gasteiger partial charge >= 0.3 is 0 Å². The van der Waals surface area contributed by atoms with E-state index in [2.05, 4.69) is 4.72 Å². The molecule has 5 nitrogen and oxygen atoms in total. The highest BCUT2D eigenvalue weighted by Crippen LogP contribution is 2.25. The lowest BCUT2D eigenvalue weighted by Gasteiger charge is -2.07. The van der Waals surface area contributed by atoms with Crippen LogP contribution in [-0.2, 0) is 30.0 Å². The molecule has 0 amide bonds. The molecule has 0 bridgehead atoms. The molecule has 0 radical (unpaired) electrons. The number of methoxy groups -OCH3 is 1. The van der Waals surface area contributed by atoms with Crippen LogP contribution in [0.15, 0.2) is 54.7 Å². The molecule has 0 aliphatic heterocycles. The van der Waals surface area contributed by atoms with Crippen LogP contribution in [0.25, 0.3) is 10.9 Å². The lowest BCUT2D eigenvalue weighted by Crippen LogP contribution is -2.26. The van der Waals surface area contributed by atoms with Crippen LogP contribution in [-0.4, -0.2) is 25.8 Å². The van der Waals surface area contributed by atoms with Gasteiger partial charge in [-0.3, -0.25) is 0 Å². The van der Waals surface area contributed by atoms with Crippen molar-refractivity contribution in [3.63, 3.8) is 0 Å². The van der Waals surface area contributed by atoms with E-state index >= 15 is 0 Å². The minimum absolute atomic E-state index is 0.0745. The fourth-order valence-electron chi connectivity index (χ4n) is 2.88. The second-order valence-electron chi connectivity index (χ2n) is 6.02. The van der Waals surface area contributed by atoms with Gasteiger partial charge in [0.05, 0.1) is 12.9 Å². The molecule has 0 aliphatic rings. The molecular formula is C19H22N2O3S. The normalized spacial score (nSPS) is 11.8. The fraction of sp³-hybridized carbons (Fsp3) is 0.263. The summed E-state index contributed by atoms with van der Waals surface area (Å²) in [5.74, 6) is 0.831. The topological polar surface area (TPSA) is 60.3 Å². The van der Waals surface area contributed by atoms with Gasteiger partial charge in [-0.2, -0.15) is 0 Å². The summed E-state index contributed by atoms with van der Waals surface area (Å²) in [4.78, 5) is 0. The Labute approximate surface area is 148 Å². The molecule has 0 saturated heterocycles. The number of fused-ring (bicyclic) bond motifs is 1. The molecule has 0 fully saturated rings. The SMILES string of the molecule is COc1ccc2c(c1)c(CNS(=O)(=O)CCc1ccccc1)cn2C.